The molecule has 0 atom stereocenters. The first-order valence-corrected chi connectivity index (χ1v) is 7.53. The monoisotopic (exact) mass is 294 g/mol. The summed E-state index contributed by atoms with van der Waals surface area (Å²) in [6.07, 6.45) is 0. The molecule has 0 fully saturated rings. The average Bonchev–Trinajstić information content (AvgIpc) is 2.50. The van der Waals surface area contributed by atoms with Crippen molar-refractivity contribution in [2.24, 2.45) is 0 Å². The zero-order valence-corrected chi connectivity index (χ0v) is 13.2. The van der Waals surface area contributed by atoms with E-state index in [2.05, 4.69) is 48.3 Å². The van der Waals surface area contributed by atoms with Crippen LogP contribution in [0.5, 0.6) is 0 Å². The SMILES string of the molecule is CCOC(=O)COCCNc1ccc(N(CC)CC)cc1. The second kappa shape index (κ2) is 10.0. The quantitative estimate of drug-likeness (QED) is 0.531. The number of hydrogen-bond donors (Lipinski definition) is 1. The Bertz CT molecular complexity index is 402. The van der Waals surface area contributed by atoms with Crippen LogP contribution in [0.4, 0.5) is 11.4 Å². The highest BCUT2D eigenvalue weighted by Gasteiger charge is 2.02. The van der Waals surface area contributed by atoms with Crippen LogP contribution in [0.2, 0.25) is 0 Å². The van der Waals surface area contributed by atoms with Gasteiger partial charge in [-0.05, 0) is 45.0 Å². The van der Waals surface area contributed by atoms with Crippen molar-refractivity contribution < 1.29 is 14.3 Å². The molecule has 1 aromatic carbocycles. The van der Waals surface area contributed by atoms with Crippen LogP contribution in [-0.2, 0) is 14.3 Å². The molecule has 118 valence electrons. The minimum atomic E-state index is -0.318. The Kier molecular flexibility index (Phi) is 8.28. The number of carbonyl (C=O) groups is 1. The van der Waals surface area contributed by atoms with Gasteiger partial charge in [-0.25, -0.2) is 4.79 Å². The lowest BCUT2D eigenvalue weighted by atomic mass is 10.2. The zero-order valence-electron chi connectivity index (χ0n) is 13.2. The van der Waals surface area contributed by atoms with Crippen molar-refractivity contribution in [1.29, 1.82) is 0 Å². The van der Waals surface area contributed by atoms with Crippen LogP contribution in [-0.4, -0.2) is 45.4 Å². The Balaban J connectivity index is 2.25. The fraction of sp³-hybridized carbons (Fsp3) is 0.562. The Morgan fingerprint density at radius 1 is 1.14 bits per heavy atom. The molecule has 5 heteroatoms. The fourth-order valence-corrected chi connectivity index (χ4v) is 2.00. The molecule has 0 bridgehead atoms. The lowest BCUT2D eigenvalue weighted by molar-refractivity contribution is -0.148. The highest BCUT2D eigenvalue weighted by molar-refractivity contribution is 5.70. The molecule has 0 amide bonds. The summed E-state index contributed by atoms with van der Waals surface area (Å²) >= 11 is 0. The first kappa shape index (κ1) is 17.3. The minimum Gasteiger partial charge on any atom is -0.464 e. The molecule has 0 heterocycles. The van der Waals surface area contributed by atoms with Crippen molar-refractivity contribution in [3.8, 4) is 0 Å². The summed E-state index contributed by atoms with van der Waals surface area (Å²) in [6, 6.07) is 8.32. The van der Waals surface area contributed by atoms with E-state index in [1.165, 1.54) is 5.69 Å². The summed E-state index contributed by atoms with van der Waals surface area (Å²) in [5.41, 5.74) is 2.27. The predicted octanol–water partition coefficient (Wildman–Crippen LogP) is 2.52. The van der Waals surface area contributed by atoms with E-state index in [-0.39, 0.29) is 12.6 Å². The van der Waals surface area contributed by atoms with Crippen LogP contribution in [0.25, 0.3) is 0 Å². The fourth-order valence-electron chi connectivity index (χ4n) is 2.00. The van der Waals surface area contributed by atoms with Crippen LogP contribution < -0.4 is 10.2 Å². The van der Waals surface area contributed by atoms with E-state index in [4.69, 9.17) is 9.47 Å². The molecule has 5 nitrogen and oxygen atoms in total. The van der Waals surface area contributed by atoms with Gasteiger partial charge < -0.3 is 19.7 Å². The summed E-state index contributed by atoms with van der Waals surface area (Å²) in [5, 5.41) is 3.26. The molecule has 0 aromatic heterocycles. The third-order valence-electron chi connectivity index (χ3n) is 3.10. The highest BCUT2D eigenvalue weighted by atomic mass is 16.6. The Morgan fingerprint density at radius 3 is 2.38 bits per heavy atom. The molecule has 0 aliphatic rings. The Labute approximate surface area is 127 Å². The Morgan fingerprint density at radius 2 is 1.81 bits per heavy atom. The second-order valence-corrected chi connectivity index (χ2v) is 4.50. The highest BCUT2D eigenvalue weighted by Crippen LogP contribution is 2.17. The normalized spacial score (nSPS) is 10.2. The van der Waals surface area contributed by atoms with E-state index in [0.29, 0.717) is 19.8 Å². The maximum absolute atomic E-state index is 11.1. The number of hydrogen-bond acceptors (Lipinski definition) is 5. The maximum Gasteiger partial charge on any atom is 0.332 e. The molecule has 0 spiro atoms. The van der Waals surface area contributed by atoms with Gasteiger partial charge >= 0.3 is 5.97 Å². The van der Waals surface area contributed by atoms with Gasteiger partial charge in [0.05, 0.1) is 13.2 Å². The maximum atomic E-state index is 11.1. The number of esters is 1. The summed E-state index contributed by atoms with van der Waals surface area (Å²) in [7, 11) is 0. The number of nitrogens with one attached hydrogen (secondary N) is 1. The molecular formula is C16H26N2O3. The molecule has 0 aliphatic heterocycles. The largest absolute Gasteiger partial charge is 0.464 e. The summed E-state index contributed by atoms with van der Waals surface area (Å²) < 4.78 is 10.00. The molecular weight excluding hydrogens is 268 g/mol. The smallest absolute Gasteiger partial charge is 0.332 e. The van der Waals surface area contributed by atoms with Gasteiger partial charge in [-0.3, -0.25) is 0 Å². The van der Waals surface area contributed by atoms with Crippen molar-refractivity contribution >= 4 is 17.3 Å². The number of benzene rings is 1. The van der Waals surface area contributed by atoms with Crippen LogP contribution in [0, 0.1) is 0 Å². The standard InChI is InChI=1S/C16H26N2O3/c1-4-18(5-2)15-9-7-14(8-10-15)17-11-12-20-13-16(19)21-6-3/h7-10,17H,4-6,11-13H2,1-3H3. The van der Waals surface area contributed by atoms with Gasteiger partial charge in [0, 0.05) is 31.0 Å². The van der Waals surface area contributed by atoms with Gasteiger partial charge in [0.25, 0.3) is 0 Å². The number of nitrogens with zero attached hydrogens (tertiary/aromatic N) is 1. The van der Waals surface area contributed by atoms with E-state index in [0.717, 1.165) is 18.8 Å². The van der Waals surface area contributed by atoms with Crippen molar-refractivity contribution in [2.75, 3.05) is 49.7 Å². The van der Waals surface area contributed by atoms with Gasteiger partial charge in [-0.15, -0.1) is 0 Å². The van der Waals surface area contributed by atoms with E-state index in [9.17, 15) is 4.79 Å². The zero-order chi connectivity index (χ0) is 15.5. The van der Waals surface area contributed by atoms with E-state index < -0.39 is 0 Å². The van der Waals surface area contributed by atoms with Crippen LogP contribution in [0.1, 0.15) is 20.8 Å². The van der Waals surface area contributed by atoms with Gasteiger partial charge in [0.2, 0.25) is 0 Å². The molecule has 0 saturated carbocycles. The molecule has 0 unspecified atom stereocenters. The first-order valence-electron chi connectivity index (χ1n) is 7.53. The molecule has 1 N–H and O–H groups in total. The van der Waals surface area contributed by atoms with Gasteiger partial charge in [-0.1, -0.05) is 0 Å². The minimum absolute atomic E-state index is 0.0103. The molecule has 21 heavy (non-hydrogen) atoms. The van der Waals surface area contributed by atoms with Gasteiger partial charge in [0.1, 0.15) is 6.61 Å². The lowest BCUT2D eigenvalue weighted by Crippen LogP contribution is -2.21. The van der Waals surface area contributed by atoms with Crippen LogP contribution in [0.15, 0.2) is 24.3 Å². The first-order chi connectivity index (χ1) is 10.2. The number of carbonyl (C=O) groups excluding carboxylic acids is 1. The van der Waals surface area contributed by atoms with Crippen molar-refractivity contribution in [3.63, 3.8) is 0 Å². The van der Waals surface area contributed by atoms with Crippen molar-refractivity contribution in [2.45, 2.75) is 20.8 Å². The number of rotatable bonds is 10. The molecule has 0 aliphatic carbocycles. The topological polar surface area (TPSA) is 50.8 Å². The van der Waals surface area contributed by atoms with Crippen molar-refractivity contribution in [1.82, 2.24) is 0 Å². The number of ether oxygens (including phenoxy) is 2. The molecule has 1 aromatic rings. The second-order valence-electron chi connectivity index (χ2n) is 4.50. The van der Waals surface area contributed by atoms with Crippen LogP contribution >= 0.6 is 0 Å². The molecule has 1 rings (SSSR count). The van der Waals surface area contributed by atoms with Crippen molar-refractivity contribution in [3.05, 3.63) is 24.3 Å². The summed E-state index contributed by atoms with van der Waals surface area (Å²) in [5.74, 6) is -0.318. The summed E-state index contributed by atoms with van der Waals surface area (Å²) in [6.45, 7) is 9.61. The van der Waals surface area contributed by atoms with Crippen LogP contribution in [0.3, 0.4) is 0 Å². The van der Waals surface area contributed by atoms with E-state index in [1.54, 1.807) is 6.92 Å². The van der Waals surface area contributed by atoms with Gasteiger partial charge in [0.15, 0.2) is 0 Å². The molecule has 0 saturated heterocycles. The molecule has 0 radical (unpaired) electrons. The Hall–Kier alpha value is -1.75. The predicted molar refractivity (Wildman–Crippen MR) is 85.9 cm³/mol. The summed E-state index contributed by atoms with van der Waals surface area (Å²) in [4.78, 5) is 13.4. The number of anilines is 2. The lowest BCUT2D eigenvalue weighted by Gasteiger charge is -2.21. The van der Waals surface area contributed by atoms with E-state index >= 15 is 0 Å². The third kappa shape index (κ3) is 6.49. The van der Waals surface area contributed by atoms with E-state index in [1.807, 2.05) is 0 Å². The average molecular weight is 294 g/mol. The van der Waals surface area contributed by atoms with Gasteiger partial charge in [-0.2, -0.15) is 0 Å². The third-order valence-corrected chi connectivity index (χ3v) is 3.10.